The van der Waals surface area contributed by atoms with Gasteiger partial charge in [0.05, 0.1) is 0 Å². The fraction of sp³-hybridized carbons (Fsp3) is 0.667. The van der Waals surface area contributed by atoms with Crippen molar-refractivity contribution in [2.45, 2.75) is 66.3 Å². The summed E-state index contributed by atoms with van der Waals surface area (Å²) in [5.74, 6) is 0. The van der Waals surface area contributed by atoms with Gasteiger partial charge in [0.2, 0.25) is 0 Å². The molecule has 0 spiro atoms. The second-order valence-electron chi connectivity index (χ2n) is 7.78. The highest BCUT2D eigenvalue weighted by molar-refractivity contribution is 9.11. The maximum absolute atomic E-state index is 3.69. The van der Waals surface area contributed by atoms with Crippen molar-refractivity contribution < 1.29 is 0 Å². The van der Waals surface area contributed by atoms with E-state index in [9.17, 15) is 0 Å². The van der Waals surface area contributed by atoms with Crippen LogP contribution >= 0.6 is 31.9 Å². The minimum Gasteiger partial charge on any atom is -0.312 e. The van der Waals surface area contributed by atoms with Gasteiger partial charge in [-0.2, -0.15) is 0 Å². The summed E-state index contributed by atoms with van der Waals surface area (Å²) in [6, 6.07) is 4.45. The van der Waals surface area contributed by atoms with Crippen LogP contribution in [0.5, 0.6) is 0 Å². The van der Waals surface area contributed by atoms with Gasteiger partial charge >= 0.3 is 0 Å². The van der Waals surface area contributed by atoms with E-state index in [1.807, 2.05) is 0 Å². The van der Waals surface area contributed by atoms with Gasteiger partial charge in [-0.05, 0) is 82.2 Å². The van der Waals surface area contributed by atoms with Crippen LogP contribution in [0.4, 0.5) is 0 Å². The molecule has 0 bridgehead atoms. The van der Waals surface area contributed by atoms with Crippen molar-refractivity contribution in [3.8, 4) is 0 Å². The minimum absolute atomic E-state index is 0.209. The summed E-state index contributed by atoms with van der Waals surface area (Å²) in [4.78, 5) is 0. The maximum Gasteiger partial charge on any atom is 0.0210 e. The van der Waals surface area contributed by atoms with Crippen LogP contribution in [0.1, 0.15) is 58.6 Å². The topological polar surface area (TPSA) is 12.0 Å². The van der Waals surface area contributed by atoms with E-state index >= 15 is 0 Å². The van der Waals surface area contributed by atoms with Crippen molar-refractivity contribution in [2.75, 3.05) is 6.54 Å². The van der Waals surface area contributed by atoms with Crippen LogP contribution in [0.25, 0.3) is 0 Å². The van der Waals surface area contributed by atoms with Gasteiger partial charge < -0.3 is 5.32 Å². The third-order valence-electron chi connectivity index (χ3n) is 3.86. The lowest BCUT2D eigenvalue weighted by molar-refractivity contribution is 0.284. The van der Waals surface area contributed by atoms with Crippen molar-refractivity contribution in [3.05, 3.63) is 32.2 Å². The van der Waals surface area contributed by atoms with Gasteiger partial charge in [-0.3, -0.25) is 0 Å². The largest absolute Gasteiger partial charge is 0.312 e. The van der Waals surface area contributed by atoms with Crippen LogP contribution in [0, 0.1) is 12.3 Å². The second-order valence-corrected chi connectivity index (χ2v) is 9.49. The lowest BCUT2D eigenvalue weighted by Crippen LogP contribution is -2.38. The highest BCUT2D eigenvalue weighted by atomic mass is 79.9. The van der Waals surface area contributed by atoms with Crippen molar-refractivity contribution in [3.63, 3.8) is 0 Å². The number of aryl methyl sites for hydroxylation is 2. The molecular weight excluding hydrogens is 390 g/mol. The standard InChI is InChI=1S/C18H29Br2N/c1-13-11-16(20)14(12-15(13)19)7-8-18(5,6)9-10-21-17(2,3)4/h11-12,21H,7-10H2,1-6H3. The Kier molecular flexibility index (Phi) is 6.95. The van der Waals surface area contributed by atoms with Crippen molar-refractivity contribution in [1.82, 2.24) is 5.32 Å². The van der Waals surface area contributed by atoms with Crippen LogP contribution in [0.2, 0.25) is 0 Å². The van der Waals surface area contributed by atoms with Gasteiger partial charge in [0, 0.05) is 14.5 Å². The van der Waals surface area contributed by atoms with E-state index in [0.29, 0.717) is 5.41 Å². The molecule has 1 rings (SSSR count). The highest BCUT2D eigenvalue weighted by Gasteiger charge is 2.19. The molecule has 0 aliphatic carbocycles. The monoisotopic (exact) mass is 417 g/mol. The molecule has 0 unspecified atom stereocenters. The van der Waals surface area contributed by atoms with Gasteiger partial charge in [-0.15, -0.1) is 0 Å². The van der Waals surface area contributed by atoms with Crippen molar-refractivity contribution >= 4 is 31.9 Å². The fourth-order valence-electron chi connectivity index (χ4n) is 2.25. The maximum atomic E-state index is 3.69. The molecule has 1 N–H and O–H groups in total. The van der Waals surface area contributed by atoms with Crippen molar-refractivity contribution in [2.24, 2.45) is 5.41 Å². The summed E-state index contributed by atoms with van der Waals surface area (Å²) in [6.07, 6.45) is 3.52. The van der Waals surface area contributed by atoms with Crippen LogP contribution < -0.4 is 5.32 Å². The Balaban J connectivity index is 2.55. The molecule has 0 saturated heterocycles. The Labute approximate surface area is 147 Å². The van der Waals surface area contributed by atoms with E-state index in [2.05, 4.69) is 90.9 Å². The summed E-state index contributed by atoms with van der Waals surface area (Å²) in [5.41, 5.74) is 3.24. The molecule has 0 amide bonds. The molecule has 0 fully saturated rings. The first kappa shape index (κ1) is 19.2. The minimum atomic E-state index is 0.209. The summed E-state index contributed by atoms with van der Waals surface area (Å²) in [5, 5.41) is 3.59. The number of hydrogen-bond acceptors (Lipinski definition) is 1. The number of rotatable bonds is 6. The summed E-state index contributed by atoms with van der Waals surface area (Å²) < 4.78 is 2.43. The normalized spacial score (nSPS) is 12.8. The fourth-order valence-corrected chi connectivity index (χ4v) is 3.30. The molecule has 1 aromatic rings. The average molecular weight is 419 g/mol. The Morgan fingerprint density at radius 1 is 0.952 bits per heavy atom. The van der Waals surface area contributed by atoms with Crippen molar-refractivity contribution in [1.29, 1.82) is 0 Å². The summed E-state index contributed by atoms with van der Waals surface area (Å²) >= 11 is 7.33. The molecule has 0 saturated carbocycles. The molecule has 0 radical (unpaired) electrons. The summed E-state index contributed by atoms with van der Waals surface area (Å²) in [6.45, 7) is 14.6. The van der Waals surface area contributed by atoms with Gasteiger partial charge in [0.1, 0.15) is 0 Å². The number of nitrogens with one attached hydrogen (secondary N) is 1. The molecule has 0 aliphatic heterocycles. The quantitative estimate of drug-likeness (QED) is 0.574. The van der Waals surface area contributed by atoms with Gasteiger partial charge in [-0.25, -0.2) is 0 Å². The van der Waals surface area contributed by atoms with E-state index < -0.39 is 0 Å². The molecule has 0 aromatic heterocycles. The Hall–Kier alpha value is 0.140. The summed E-state index contributed by atoms with van der Waals surface area (Å²) in [7, 11) is 0. The van der Waals surface area contributed by atoms with E-state index in [1.165, 1.54) is 32.9 Å². The van der Waals surface area contributed by atoms with E-state index in [0.717, 1.165) is 13.0 Å². The van der Waals surface area contributed by atoms with Crippen LogP contribution in [0.3, 0.4) is 0 Å². The van der Waals surface area contributed by atoms with Crippen LogP contribution in [-0.4, -0.2) is 12.1 Å². The smallest absolute Gasteiger partial charge is 0.0210 e. The van der Waals surface area contributed by atoms with Gasteiger partial charge in [-0.1, -0.05) is 45.7 Å². The second kappa shape index (κ2) is 7.61. The third-order valence-corrected chi connectivity index (χ3v) is 5.45. The lowest BCUT2D eigenvalue weighted by Gasteiger charge is -2.28. The predicted octanol–water partition coefficient (Wildman–Crippen LogP) is 6.26. The number of halogens is 2. The molecule has 1 aromatic carbocycles. The zero-order valence-corrected chi connectivity index (χ0v) is 17.4. The lowest BCUT2D eigenvalue weighted by atomic mass is 9.83. The molecule has 1 nitrogen and oxygen atoms in total. The predicted molar refractivity (Wildman–Crippen MR) is 101 cm³/mol. The first-order chi connectivity index (χ1) is 9.50. The number of benzene rings is 1. The Bertz CT molecular complexity index is 473. The first-order valence-corrected chi connectivity index (χ1v) is 9.28. The first-order valence-electron chi connectivity index (χ1n) is 7.70. The van der Waals surface area contributed by atoms with Crippen LogP contribution in [0.15, 0.2) is 21.1 Å². The van der Waals surface area contributed by atoms with Crippen LogP contribution in [-0.2, 0) is 6.42 Å². The molecule has 0 heterocycles. The van der Waals surface area contributed by atoms with E-state index in [1.54, 1.807) is 0 Å². The van der Waals surface area contributed by atoms with Gasteiger partial charge in [0.25, 0.3) is 0 Å². The highest BCUT2D eigenvalue weighted by Crippen LogP contribution is 2.31. The zero-order chi connectivity index (χ0) is 16.3. The molecule has 21 heavy (non-hydrogen) atoms. The number of hydrogen-bond donors (Lipinski definition) is 1. The molecular formula is C18H29Br2N. The molecule has 120 valence electrons. The molecule has 0 aliphatic rings. The van der Waals surface area contributed by atoms with E-state index in [-0.39, 0.29) is 5.54 Å². The Morgan fingerprint density at radius 3 is 2.14 bits per heavy atom. The molecule has 3 heteroatoms. The van der Waals surface area contributed by atoms with Gasteiger partial charge in [0.15, 0.2) is 0 Å². The molecule has 0 atom stereocenters. The zero-order valence-electron chi connectivity index (χ0n) is 14.2. The Morgan fingerprint density at radius 2 is 1.57 bits per heavy atom. The average Bonchev–Trinajstić information content (AvgIpc) is 2.30. The van der Waals surface area contributed by atoms with E-state index in [4.69, 9.17) is 0 Å². The third kappa shape index (κ3) is 7.30. The SMILES string of the molecule is Cc1cc(Br)c(CCC(C)(C)CCNC(C)(C)C)cc1Br.